The van der Waals surface area contributed by atoms with E-state index in [-0.39, 0.29) is 0 Å². The Morgan fingerprint density at radius 1 is 0.438 bits per heavy atom. The summed E-state index contributed by atoms with van der Waals surface area (Å²) in [6, 6.07) is 55.8. The minimum Gasteiger partial charge on any atom is -0.456 e. The Morgan fingerprint density at radius 2 is 1.17 bits per heavy atom. The first-order valence-electron chi connectivity index (χ1n) is 16.3. The van der Waals surface area contributed by atoms with Crippen molar-refractivity contribution in [2.75, 3.05) is 4.90 Å². The summed E-state index contributed by atoms with van der Waals surface area (Å²) in [6.07, 6.45) is 0. The van der Waals surface area contributed by atoms with Crippen molar-refractivity contribution in [3.05, 3.63) is 163 Å². The molecule has 8 aromatic carbocycles. The molecule has 0 unspecified atom stereocenters. The predicted octanol–water partition coefficient (Wildman–Crippen LogP) is 13.2. The lowest BCUT2D eigenvalue weighted by Gasteiger charge is -2.27. The van der Waals surface area contributed by atoms with Gasteiger partial charge in [0.25, 0.3) is 0 Å². The molecule has 0 N–H and O–H groups in total. The van der Waals surface area contributed by atoms with Crippen LogP contribution in [0.25, 0.3) is 76.5 Å². The van der Waals surface area contributed by atoms with Crippen LogP contribution in [0.3, 0.4) is 0 Å². The van der Waals surface area contributed by atoms with Crippen LogP contribution in [-0.2, 0) is 0 Å². The van der Waals surface area contributed by atoms with Crippen LogP contribution in [0.5, 0.6) is 0 Å². The highest BCUT2D eigenvalue weighted by molar-refractivity contribution is 6.28. The van der Waals surface area contributed by atoms with Crippen LogP contribution in [0.2, 0.25) is 0 Å². The fourth-order valence-corrected chi connectivity index (χ4v) is 7.53. The summed E-state index contributed by atoms with van der Waals surface area (Å²) in [5.74, 6) is 0. The smallest absolute Gasteiger partial charge is 0.143 e. The third-order valence-electron chi connectivity index (χ3n) is 9.67. The molecule has 2 aromatic heterocycles. The Bertz CT molecular complexity index is 2860. The number of anilines is 3. The lowest BCUT2D eigenvalue weighted by atomic mass is 9.98. The number of furan rings is 2. The summed E-state index contributed by atoms with van der Waals surface area (Å²) in [4.78, 5) is 2.34. The van der Waals surface area contributed by atoms with Crippen molar-refractivity contribution in [2.24, 2.45) is 0 Å². The molecular formula is C45H29NO2. The monoisotopic (exact) mass is 615 g/mol. The first kappa shape index (κ1) is 26.9. The maximum atomic E-state index is 6.72. The van der Waals surface area contributed by atoms with Crippen molar-refractivity contribution in [2.45, 2.75) is 6.92 Å². The minimum absolute atomic E-state index is 0.851. The van der Waals surface area contributed by atoms with Crippen molar-refractivity contribution in [1.29, 1.82) is 0 Å². The van der Waals surface area contributed by atoms with E-state index in [4.69, 9.17) is 8.83 Å². The first-order valence-corrected chi connectivity index (χ1v) is 16.3. The molecule has 0 aliphatic rings. The van der Waals surface area contributed by atoms with Crippen molar-refractivity contribution >= 4 is 82.5 Å². The standard InChI is InChI=1S/C45H29NO2/c1-28-11-9-15-31(25-28)46(32-22-23-36-38-20-10-19-34(29-12-3-2-4-13-29)45(38)48-41(36)26-32)39-27-42-44(37-18-8-7-17-35(37)39)43-33-16-6-5-14-30(33)21-24-40(43)47-42/h2-27H,1H3. The number of rotatable bonds is 4. The number of para-hydroxylation sites is 1. The largest absolute Gasteiger partial charge is 0.456 e. The summed E-state index contributed by atoms with van der Waals surface area (Å²) in [6.45, 7) is 2.14. The van der Waals surface area contributed by atoms with Gasteiger partial charge in [-0.05, 0) is 64.5 Å². The Balaban J connectivity index is 1.25. The highest BCUT2D eigenvalue weighted by Gasteiger charge is 2.22. The van der Waals surface area contributed by atoms with Gasteiger partial charge in [-0.15, -0.1) is 0 Å². The molecule has 0 aliphatic carbocycles. The lowest BCUT2D eigenvalue weighted by molar-refractivity contribution is 0.669. The zero-order chi connectivity index (χ0) is 31.8. The molecule has 10 aromatic rings. The molecule has 0 atom stereocenters. The zero-order valence-corrected chi connectivity index (χ0v) is 26.3. The van der Waals surface area contributed by atoms with Crippen molar-refractivity contribution in [3.8, 4) is 11.1 Å². The summed E-state index contributed by atoms with van der Waals surface area (Å²) in [5, 5.41) is 9.23. The van der Waals surface area contributed by atoms with Crippen LogP contribution < -0.4 is 4.90 Å². The Morgan fingerprint density at radius 3 is 2.04 bits per heavy atom. The molecule has 0 fully saturated rings. The number of nitrogens with zero attached hydrogens (tertiary/aromatic N) is 1. The minimum atomic E-state index is 0.851. The number of benzene rings is 8. The third-order valence-corrected chi connectivity index (χ3v) is 9.67. The molecule has 48 heavy (non-hydrogen) atoms. The first-order chi connectivity index (χ1) is 23.7. The fourth-order valence-electron chi connectivity index (χ4n) is 7.53. The zero-order valence-electron chi connectivity index (χ0n) is 26.3. The molecular weight excluding hydrogens is 587 g/mol. The summed E-state index contributed by atoms with van der Waals surface area (Å²) in [7, 11) is 0. The fraction of sp³-hybridized carbons (Fsp3) is 0.0222. The van der Waals surface area contributed by atoms with Gasteiger partial charge in [-0.2, -0.15) is 0 Å². The molecule has 0 bridgehead atoms. The van der Waals surface area contributed by atoms with Gasteiger partial charge in [0, 0.05) is 56.0 Å². The molecule has 0 amide bonds. The topological polar surface area (TPSA) is 29.5 Å². The Hall–Kier alpha value is -6.32. The normalized spacial score (nSPS) is 11.9. The molecule has 10 rings (SSSR count). The molecule has 2 heterocycles. The summed E-state index contributed by atoms with van der Waals surface area (Å²) < 4.78 is 13.4. The van der Waals surface area contributed by atoms with Gasteiger partial charge in [-0.25, -0.2) is 0 Å². The molecule has 0 spiro atoms. The highest BCUT2D eigenvalue weighted by Crippen LogP contribution is 2.47. The van der Waals surface area contributed by atoms with Gasteiger partial charge >= 0.3 is 0 Å². The van der Waals surface area contributed by atoms with Gasteiger partial charge in [0.05, 0.1) is 5.69 Å². The quantitative estimate of drug-likeness (QED) is 0.197. The van der Waals surface area contributed by atoms with Gasteiger partial charge in [0.2, 0.25) is 0 Å². The summed E-state index contributed by atoms with van der Waals surface area (Å²) >= 11 is 0. The SMILES string of the molecule is Cc1cccc(N(c2ccc3c(c2)oc2c(-c4ccccc4)cccc23)c2cc3oc4ccc5ccccc5c4c3c3ccccc23)c1. The maximum absolute atomic E-state index is 6.72. The van der Waals surface area contributed by atoms with E-state index >= 15 is 0 Å². The van der Waals surface area contributed by atoms with Crippen LogP contribution in [0.4, 0.5) is 17.1 Å². The van der Waals surface area contributed by atoms with Crippen LogP contribution >= 0.6 is 0 Å². The van der Waals surface area contributed by atoms with Crippen LogP contribution in [-0.4, -0.2) is 0 Å². The molecule has 0 radical (unpaired) electrons. The van der Waals surface area contributed by atoms with Gasteiger partial charge in [-0.3, -0.25) is 0 Å². The van der Waals surface area contributed by atoms with Crippen LogP contribution in [0.1, 0.15) is 5.56 Å². The molecule has 3 nitrogen and oxygen atoms in total. The maximum Gasteiger partial charge on any atom is 0.143 e. The van der Waals surface area contributed by atoms with E-state index in [9.17, 15) is 0 Å². The van der Waals surface area contributed by atoms with Crippen LogP contribution in [0.15, 0.2) is 167 Å². The van der Waals surface area contributed by atoms with Gasteiger partial charge in [0.1, 0.15) is 22.3 Å². The average Bonchev–Trinajstić information content (AvgIpc) is 3.71. The molecule has 0 saturated heterocycles. The Labute approximate surface area is 276 Å². The summed E-state index contributed by atoms with van der Waals surface area (Å²) in [5.41, 5.74) is 10.1. The van der Waals surface area contributed by atoms with Crippen LogP contribution in [0, 0.1) is 6.92 Å². The molecule has 3 heteroatoms. The predicted molar refractivity (Wildman–Crippen MR) is 201 cm³/mol. The van der Waals surface area contributed by atoms with Gasteiger partial charge < -0.3 is 13.7 Å². The number of aryl methyl sites for hydroxylation is 1. The van der Waals surface area contributed by atoms with E-state index in [1.54, 1.807) is 0 Å². The van der Waals surface area contributed by atoms with Gasteiger partial charge in [0.15, 0.2) is 0 Å². The van der Waals surface area contributed by atoms with Crippen molar-refractivity contribution in [3.63, 3.8) is 0 Å². The lowest BCUT2D eigenvalue weighted by Crippen LogP contribution is -2.10. The van der Waals surface area contributed by atoms with Crippen molar-refractivity contribution < 1.29 is 8.83 Å². The highest BCUT2D eigenvalue weighted by atomic mass is 16.3. The number of hydrogen-bond acceptors (Lipinski definition) is 3. The van der Waals surface area contributed by atoms with E-state index in [1.807, 2.05) is 6.07 Å². The van der Waals surface area contributed by atoms with E-state index in [2.05, 4.69) is 163 Å². The van der Waals surface area contributed by atoms with Gasteiger partial charge in [-0.1, -0.05) is 115 Å². The number of fused-ring (bicyclic) bond motifs is 10. The second-order valence-electron chi connectivity index (χ2n) is 12.6. The molecule has 226 valence electrons. The molecule has 0 saturated carbocycles. The third kappa shape index (κ3) is 4.01. The second-order valence-corrected chi connectivity index (χ2v) is 12.6. The van der Waals surface area contributed by atoms with E-state index in [1.165, 1.54) is 16.3 Å². The second kappa shape index (κ2) is 10.3. The Kier molecular flexibility index (Phi) is 5.79. The number of hydrogen-bond donors (Lipinski definition) is 0. The van der Waals surface area contributed by atoms with E-state index in [0.717, 1.165) is 82.8 Å². The van der Waals surface area contributed by atoms with E-state index in [0.29, 0.717) is 0 Å². The molecule has 0 aliphatic heterocycles. The van der Waals surface area contributed by atoms with Crippen molar-refractivity contribution in [1.82, 2.24) is 0 Å². The van der Waals surface area contributed by atoms with E-state index < -0.39 is 0 Å². The average molecular weight is 616 g/mol.